The van der Waals surface area contributed by atoms with Gasteiger partial charge in [0.15, 0.2) is 9.84 Å². The van der Waals surface area contributed by atoms with Gasteiger partial charge in [0.1, 0.15) is 0 Å². The average Bonchev–Trinajstić information content (AvgIpc) is 2.83. The molecule has 0 saturated heterocycles. The first-order valence-corrected chi connectivity index (χ1v) is 14.1. The smallest absolute Gasteiger partial charge is 0.179 e. The molecule has 0 aliphatic rings. The van der Waals surface area contributed by atoms with Crippen molar-refractivity contribution in [3.63, 3.8) is 0 Å². The molecular weight excluding hydrogens is 431 g/mol. The van der Waals surface area contributed by atoms with Crippen LogP contribution in [0.3, 0.4) is 0 Å². The van der Waals surface area contributed by atoms with Crippen molar-refractivity contribution in [1.82, 2.24) is 0 Å². The van der Waals surface area contributed by atoms with Crippen LogP contribution in [0.1, 0.15) is 18.1 Å². The first-order valence-electron chi connectivity index (χ1n) is 10.6. The van der Waals surface area contributed by atoms with Gasteiger partial charge in [0.05, 0.1) is 10.4 Å². The third kappa shape index (κ3) is 4.11. The van der Waals surface area contributed by atoms with E-state index < -0.39 is 16.7 Å². The van der Waals surface area contributed by atoms with Gasteiger partial charge in [-0.25, -0.2) is 8.42 Å². The highest BCUT2D eigenvalue weighted by Gasteiger charge is 2.33. The summed E-state index contributed by atoms with van der Waals surface area (Å²) in [5, 5.41) is 3.13. The van der Waals surface area contributed by atoms with Gasteiger partial charge in [-0.1, -0.05) is 115 Å². The van der Waals surface area contributed by atoms with E-state index in [0.29, 0.717) is 4.63 Å². The quantitative estimate of drug-likeness (QED) is 0.379. The van der Waals surface area contributed by atoms with Crippen LogP contribution in [-0.4, -0.2) is 13.0 Å². The van der Waals surface area contributed by atoms with Crippen LogP contribution in [0.2, 0.25) is 0 Å². The van der Waals surface area contributed by atoms with Crippen LogP contribution in [0.5, 0.6) is 0 Å². The molecule has 0 N–H and O–H groups in total. The lowest BCUT2D eigenvalue weighted by Crippen LogP contribution is -2.32. The summed E-state index contributed by atoms with van der Waals surface area (Å²) in [5.41, 5.74) is 1.84. The van der Waals surface area contributed by atoms with Gasteiger partial charge in [0.2, 0.25) is 0 Å². The minimum atomic E-state index is -3.57. The first kappa shape index (κ1) is 22.3. The second kappa shape index (κ2) is 9.32. The summed E-state index contributed by atoms with van der Waals surface area (Å²) in [6.07, 6.45) is 0. The van der Waals surface area contributed by atoms with E-state index in [1.54, 1.807) is 0 Å². The summed E-state index contributed by atoms with van der Waals surface area (Å²) in [6.45, 7) is 1.20. The molecule has 4 aromatic rings. The summed E-state index contributed by atoms with van der Waals surface area (Å²) in [4.78, 5) is 0. The Balaban J connectivity index is 2.11. The van der Waals surface area contributed by atoms with Crippen LogP contribution in [0.25, 0.3) is 0 Å². The Labute approximate surface area is 191 Å². The van der Waals surface area contributed by atoms with Gasteiger partial charge >= 0.3 is 0 Å². The van der Waals surface area contributed by atoms with E-state index in [0.717, 1.165) is 27.0 Å². The van der Waals surface area contributed by atoms with E-state index in [1.807, 2.05) is 92.7 Å². The zero-order valence-electron chi connectivity index (χ0n) is 18.3. The molecule has 4 heteroatoms. The maximum absolute atomic E-state index is 14.0. The van der Waals surface area contributed by atoms with Crippen molar-refractivity contribution in [2.24, 2.45) is 0 Å². The monoisotopic (exact) mass is 458 g/mol. The molecule has 0 aliphatic carbocycles. The second-order valence-corrected chi connectivity index (χ2v) is 13.9. The summed E-state index contributed by atoms with van der Waals surface area (Å²) in [5.74, 6) is -0.000241. The number of benzene rings is 4. The Hall–Kier alpha value is -2.87. The maximum Gasteiger partial charge on any atom is 0.179 e. The standard InChI is InChI=1S/C28H27O2PS/c1-23-14-12-13-15-25(23)22-32(29,30)24(2)31(26-16-6-3-7-17-26,27-18-8-4-9-19-27)28-20-10-5-11-21-28/h3-21H,22H2,1-2H3. The van der Waals surface area contributed by atoms with Crippen LogP contribution in [0.4, 0.5) is 0 Å². The van der Waals surface area contributed by atoms with Gasteiger partial charge in [-0.2, -0.15) is 0 Å². The predicted molar refractivity (Wildman–Crippen MR) is 140 cm³/mol. The largest absolute Gasteiger partial charge is 0.224 e. The molecule has 0 atom stereocenters. The normalized spacial score (nSPS) is 11.8. The molecule has 4 aromatic carbocycles. The number of hydrogen-bond donors (Lipinski definition) is 0. The van der Waals surface area contributed by atoms with Crippen LogP contribution >= 0.6 is 6.89 Å². The van der Waals surface area contributed by atoms with Crippen LogP contribution in [0.15, 0.2) is 115 Å². The Kier molecular flexibility index (Phi) is 6.50. The van der Waals surface area contributed by atoms with Gasteiger partial charge in [-0.05, 0) is 47.8 Å². The Bertz CT molecular complexity index is 1260. The summed E-state index contributed by atoms with van der Waals surface area (Å²) in [6, 6.07) is 38.1. The SMILES string of the molecule is CC(=P(c1ccccc1)(c1ccccc1)c1ccccc1)S(=O)(=O)Cc1ccccc1C. The van der Waals surface area contributed by atoms with Gasteiger partial charge in [0, 0.05) is 0 Å². The molecule has 0 radical (unpaired) electrons. The van der Waals surface area contributed by atoms with E-state index in [9.17, 15) is 8.42 Å². The summed E-state index contributed by atoms with van der Waals surface area (Å²) in [7, 11) is -3.57. The minimum Gasteiger partial charge on any atom is -0.224 e. The molecule has 0 amide bonds. The Morgan fingerprint density at radius 1 is 0.625 bits per heavy atom. The van der Waals surface area contributed by atoms with Crippen molar-refractivity contribution in [2.45, 2.75) is 19.6 Å². The van der Waals surface area contributed by atoms with Gasteiger partial charge in [-0.3, -0.25) is 0 Å². The maximum atomic E-state index is 14.0. The lowest BCUT2D eigenvalue weighted by molar-refractivity contribution is 0.606. The molecule has 0 heterocycles. The van der Waals surface area contributed by atoms with Gasteiger partial charge in [-0.15, -0.1) is 0 Å². The van der Waals surface area contributed by atoms with E-state index in [4.69, 9.17) is 0 Å². The van der Waals surface area contributed by atoms with Crippen molar-refractivity contribution in [3.8, 4) is 0 Å². The van der Waals surface area contributed by atoms with Crippen LogP contribution < -0.4 is 15.9 Å². The lowest BCUT2D eigenvalue weighted by atomic mass is 10.1. The molecule has 0 spiro atoms. The van der Waals surface area contributed by atoms with Gasteiger partial charge in [0.25, 0.3) is 0 Å². The van der Waals surface area contributed by atoms with Crippen molar-refractivity contribution in [3.05, 3.63) is 126 Å². The fraction of sp³-hybridized carbons (Fsp3) is 0.107. The fourth-order valence-corrected chi connectivity index (χ4v) is 11.8. The molecule has 2 nitrogen and oxygen atoms in total. The van der Waals surface area contributed by atoms with Gasteiger partial charge < -0.3 is 0 Å². The highest BCUT2D eigenvalue weighted by atomic mass is 32.2. The third-order valence-electron chi connectivity index (χ3n) is 5.96. The van der Waals surface area contributed by atoms with Crippen molar-refractivity contribution < 1.29 is 8.42 Å². The second-order valence-electron chi connectivity index (χ2n) is 7.88. The zero-order valence-corrected chi connectivity index (χ0v) is 20.1. The van der Waals surface area contributed by atoms with E-state index >= 15 is 0 Å². The average molecular weight is 459 g/mol. The highest BCUT2D eigenvalue weighted by molar-refractivity contribution is 8.19. The lowest BCUT2D eigenvalue weighted by Gasteiger charge is -2.31. The molecule has 32 heavy (non-hydrogen) atoms. The third-order valence-corrected chi connectivity index (χ3v) is 13.4. The van der Waals surface area contributed by atoms with E-state index in [1.165, 1.54) is 0 Å². The van der Waals surface area contributed by atoms with Crippen LogP contribution in [-0.2, 0) is 15.6 Å². The predicted octanol–water partition coefficient (Wildman–Crippen LogP) is 5.05. The zero-order chi connectivity index (χ0) is 22.6. The topological polar surface area (TPSA) is 34.1 Å². The molecule has 4 rings (SSSR count). The Morgan fingerprint density at radius 2 is 1.00 bits per heavy atom. The fourth-order valence-electron chi connectivity index (χ4n) is 4.24. The molecule has 0 unspecified atom stereocenters. The molecule has 162 valence electrons. The summed E-state index contributed by atoms with van der Waals surface area (Å²) >= 11 is 0. The Morgan fingerprint density at radius 3 is 1.41 bits per heavy atom. The van der Waals surface area contributed by atoms with Crippen molar-refractivity contribution in [1.29, 1.82) is 0 Å². The molecule has 0 aliphatic heterocycles. The molecule has 0 bridgehead atoms. The highest BCUT2D eigenvalue weighted by Crippen LogP contribution is 2.47. The van der Waals surface area contributed by atoms with Crippen molar-refractivity contribution >= 4 is 37.3 Å². The number of hydrogen-bond acceptors (Lipinski definition) is 2. The first-order chi connectivity index (χ1) is 15.5. The van der Waals surface area contributed by atoms with Crippen molar-refractivity contribution in [2.75, 3.05) is 0 Å². The van der Waals surface area contributed by atoms with E-state index in [-0.39, 0.29) is 5.75 Å². The molecule has 0 fully saturated rings. The number of aryl methyl sites for hydroxylation is 1. The summed E-state index contributed by atoms with van der Waals surface area (Å²) < 4.78 is 28.6. The molecular formula is C28H27O2PS. The number of sulfone groups is 1. The molecule has 0 aromatic heterocycles. The van der Waals surface area contributed by atoms with Crippen LogP contribution in [0, 0.1) is 6.92 Å². The minimum absolute atomic E-state index is 0.000241. The number of rotatable bonds is 6. The molecule has 0 saturated carbocycles. The van der Waals surface area contributed by atoms with E-state index in [2.05, 4.69) is 36.4 Å².